The number of hydrogen-bond donors (Lipinski definition) is 1. The summed E-state index contributed by atoms with van der Waals surface area (Å²) >= 11 is 6.46. The molecule has 0 aliphatic carbocycles. The molecule has 1 aromatic heterocycles. The van der Waals surface area contributed by atoms with E-state index in [4.69, 9.17) is 17.0 Å². The maximum atomic E-state index is 13.4. The molecule has 0 bridgehead atoms. The number of ether oxygens (including phenoxy) is 1. The van der Waals surface area contributed by atoms with Gasteiger partial charge in [0.15, 0.2) is 5.78 Å². The van der Waals surface area contributed by atoms with Crippen LogP contribution in [0.1, 0.15) is 38.2 Å². The van der Waals surface area contributed by atoms with Crippen LogP contribution in [0.25, 0.3) is 6.08 Å². The van der Waals surface area contributed by atoms with Gasteiger partial charge in [-0.1, -0.05) is 65.9 Å². The van der Waals surface area contributed by atoms with Gasteiger partial charge in [0, 0.05) is 6.54 Å². The Balaban J connectivity index is 1.61. The van der Waals surface area contributed by atoms with Gasteiger partial charge in [0.2, 0.25) is 5.88 Å². The van der Waals surface area contributed by atoms with Gasteiger partial charge in [-0.2, -0.15) is 5.26 Å². The number of methoxy groups -OCH3 is 1. The van der Waals surface area contributed by atoms with E-state index in [2.05, 4.69) is 0 Å². The molecule has 8 nitrogen and oxygen atoms in total. The van der Waals surface area contributed by atoms with E-state index in [1.165, 1.54) is 11.8 Å². The number of aromatic nitrogens is 1. The first-order valence-corrected chi connectivity index (χ1v) is 13.2. The number of Topliss-reactive ketones (excluding diaryl/α,β-unsaturated/α-hetero) is 1. The molecule has 0 radical (unpaired) electrons. The second-order valence-corrected chi connectivity index (χ2v) is 10.6. The molecule has 2 heterocycles. The van der Waals surface area contributed by atoms with E-state index in [9.17, 15) is 24.8 Å². The molecular formula is C29H25N3O5S2. The summed E-state index contributed by atoms with van der Waals surface area (Å²) in [5, 5.41) is 20.7. The zero-order valence-electron chi connectivity index (χ0n) is 21.6. The summed E-state index contributed by atoms with van der Waals surface area (Å²) in [4.78, 5) is 41.0. The van der Waals surface area contributed by atoms with E-state index < -0.39 is 29.7 Å². The van der Waals surface area contributed by atoms with Gasteiger partial charge in [-0.05, 0) is 55.2 Å². The lowest BCUT2D eigenvalue weighted by Gasteiger charge is -2.18. The van der Waals surface area contributed by atoms with E-state index in [1.54, 1.807) is 25.3 Å². The number of pyridine rings is 1. The lowest BCUT2D eigenvalue weighted by Crippen LogP contribution is -2.35. The molecule has 1 fully saturated rings. The maximum absolute atomic E-state index is 13.4. The molecule has 0 spiro atoms. The third kappa shape index (κ3) is 5.79. The van der Waals surface area contributed by atoms with Gasteiger partial charge in [0.1, 0.15) is 21.7 Å². The van der Waals surface area contributed by atoms with Crippen molar-refractivity contribution in [2.24, 2.45) is 0 Å². The van der Waals surface area contributed by atoms with Crippen molar-refractivity contribution in [2.45, 2.75) is 26.8 Å². The Bertz CT molecular complexity index is 1600. The molecule has 4 rings (SSSR count). The zero-order chi connectivity index (χ0) is 28.3. The van der Waals surface area contributed by atoms with Crippen molar-refractivity contribution in [3.63, 3.8) is 0 Å². The Morgan fingerprint density at radius 3 is 2.41 bits per heavy atom. The molecule has 0 saturated carbocycles. The van der Waals surface area contributed by atoms with Crippen LogP contribution in [-0.4, -0.2) is 44.2 Å². The number of hydrogen-bond acceptors (Lipinski definition) is 8. The number of carbonyl (C=O) groups excluding carboxylic acids is 2. The molecule has 198 valence electrons. The van der Waals surface area contributed by atoms with E-state index in [-0.39, 0.29) is 27.6 Å². The van der Waals surface area contributed by atoms with Gasteiger partial charge in [0.25, 0.3) is 11.5 Å². The summed E-state index contributed by atoms with van der Waals surface area (Å²) in [7, 11) is 1.56. The van der Waals surface area contributed by atoms with Gasteiger partial charge in [-0.25, -0.2) is 0 Å². The molecule has 1 N–H and O–H groups in total. The number of rotatable bonds is 8. The van der Waals surface area contributed by atoms with Crippen molar-refractivity contribution >= 4 is 46.1 Å². The number of aromatic hydroxyl groups is 1. The van der Waals surface area contributed by atoms with Gasteiger partial charge < -0.3 is 9.84 Å². The average molecular weight is 560 g/mol. The number of carbonyl (C=O) groups is 2. The lowest BCUT2D eigenvalue weighted by atomic mass is 10.0. The topological polar surface area (TPSA) is 113 Å². The van der Waals surface area contributed by atoms with Gasteiger partial charge in [-0.3, -0.25) is 23.9 Å². The fourth-order valence-corrected chi connectivity index (χ4v) is 5.45. The largest absolute Gasteiger partial charge is 0.497 e. The standard InChI is InChI=1S/C29H25N3O5S2/c1-17-4-6-20(7-5-17)14-24-27(35)32(29(38)39-24)16-23(33)25-18(2)22(15-30)26(34)31(28(25)36)13-12-19-8-10-21(37-3)11-9-19/h4-11,14,36H,12-13,16H2,1-3H3/b24-14-. The Morgan fingerprint density at radius 1 is 1.13 bits per heavy atom. The predicted molar refractivity (Wildman–Crippen MR) is 154 cm³/mol. The van der Waals surface area contributed by atoms with Crippen LogP contribution in [-0.2, 0) is 17.8 Å². The number of amides is 1. The third-order valence-electron chi connectivity index (χ3n) is 6.41. The van der Waals surface area contributed by atoms with Gasteiger partial charge in [-0.15, -0.1) is 0 Å². The summed E-state index contributed by atoms with van der Waals surface area (Å²) < 4.78 is 6.38. The predicted octanol–water partition coefficient (Wildman–Crippen LogP) is 4.38. The summed E-state index contributed by atoms with van der Waals surface area (Å²) in [6.07, 6.45) is 2.07. The number of nitrogens with zero attached hydrogens (tertiary/aromatic N) is 3. The van der Waals surface area contributed by atoms with E-state index in [0.29, 0.717) is 17.1 Å². The quantitative estimate of drug-likeness (QED) is 0.246. The molecule has 2 aromatic carbocycles. The van der Waals surface area contributed by atoms with Crippen LogP contribution in [0.2, 0.25) is 0 Å². The fraction of sp³-hybridized carbons (Fsp3) is 0.207. The minimum absolute atomic E-state index is 0.0343. The van der Waals surface area contributed by atoms with Crippen molar-refractivity contribution < 1.29 is 19.4 Å². The minimum atomic E-state index is -0.691. The highest BCUT2D eigenvalue weighted by atomic mass is 32.2. The van der Waals surface area contributed by atoms with Crippen LogP contribution in [0.3, 0.4) is 0 Å². The highest BCUT2D eigenvalue weighted by molar-refractivity contribution is 8.26. The van der Waals surface area contributed by atoms with Crippen LogP contribution in [0, 0.1) is 25.2 Å². The average Bonchev–Trinajstić information content (AvgIpc) is 3.17. The smallest absolute Gasteiger partial charge is 0.271 e. The maximum Gasteiger partial charge on any atom is 0.271 e. The molecule has 1 aliphatic rings. The van der Waals surface area contributed by atoms with Crippen molar-refractivity contribution in [3.8, 4) is 17.7 Å². The second-order valence-electron chi connectivity index (χ2n) is 8.97. The molecule has 0 unspecified atom stereocenters. The summed E-state index contributed by atoms with van der Waals surface area (Å²) in [5.74, 6) is -0.925. The van der Waals surface area contributed by atoms with Crippen LogP contribution in [0.4, 0.5) is 0 Å². The minimum Gasteiger partial charge on any atom is -0.497 e. The van der Waals surface area contributed by atoms with Crippen LogP contribution in [0.5, 0.6) is 11.6 Å². The number of ketones is 1. The molecule has 1 aliphatic heterocycles. The van der Waals surface area contributed by atoms with Crippen molar-refractivity contribution in [1.82, 2.24) is 9.47 Å². The van der Waals surface area contributed by atoms with E-state index in [0.717, 1.165) is 33.0 Å². The number of thioether (sulfide) groups is 1. The fourth-order valence-electron chi connectivity index (χ4n) is 4.20. The Hall–Kier alpha value is -4.20. The number of aryl methyl sites for hydroxylation is 2. The highest BCUT2D eigenvalue weighted by Crippen LogP contribution is 2.33. The highest BCUT2D eigenvalue weighted by Gasteiger charge is 2.35. The Morgan fingerprint density at radius 2 is 1.79 bits per heavy atom. The first kappa shape index (κ1) is 27.8. The summed E-state index contributed by atoms with van der Waals surface area (Å²) in [6.45, 7) is 2.99. The lowest BCUT2D eigenvalue weighted by molar-refractivity contribution is -0.121. The molecule has 0 atom stereocenters. The molecule has 39 heavy (non-hydrogen) atoms. The van der Waals surface area contributed by atoms with Gasteiger partial charge >= 0.3 is 0 Å². The number of thiocarbonyl (C=S) groups is 1. The Labute approximate surface area is 235 Å². The first-order chi connectivity index (χ1) is 18.6. The monoisotopic (exact) mass is 559 g/mol. The normalized spacial score (nSPS) is 14.1. The van der Waals surface area contributed by atoms with Crippen LogP contribution in [0.15, 0.2) is 58.2 Å². The van der Waals surface area contributed by atoms with E-state index in [1.807, 2.05) is 49.4 Å². The van der Waals surface area contributed by atoms with Crippen molar-refractivity contribution in [3.05, 3.63) is 97.2 Å². The number of nitriles is 1. The second kappa shape index (κ2) is 11.7. The van der Waals surface area contributed by atoms with E-state index >= 15 is 0 Å². The third-order valence-corrected chi connectivity index (χ3v) is 7.79. The molecule has 10 heteroatoms. The molecule has 1 amide bonds. The molecular weight excluding hydrogens is 534 g/mol. The zero-order valence-corrected chi connectivity index (χ0v) is 23.2. The SMILES string of the molecule is COc1ccc(CCn2c(O)c(C(=O)CN3C(=O)/C(=C/c4ccc(C)cc4)SC3=S)c(C)c(C#N)c2=O)cc1. The number of benzene rings is 2. The Kier molecular flexibility index (Phi) is 8.33. The molecule has 1 saturated heterocycles. The van der Waals surface area contributed by atoms with Crippen LogP contribution >= 0.6 is 24.0 Å². The van der Waals surface area contributed by atoms with Gasteiger partial charge in [0.05, 0.1) is 24.1 Å². The first-order valence-electron chi connectivity index (χ1n) is 12.0. The van der Waals surface area contributed by atoms with Crippen molar-refractivity contribution in [2.75, 3.05) is 13.7 Å². The summed E-state index contributed by atoms with van der Waals surface area (Å²) in [6, 6.07) is 16.7. The van der Waals surface area contributed by atoms with Crippen LogP contribution < -0.4 is 10.3 Å². The summed E-state index contributed by atoms with van der Waals surface area (Å²) in [5.41, 5.74) is 1.72. The van der Waals surface area contributed by atoms with Crippen molar-refractivity contribution in [1.29, 1.82) is 5.26 Å². The molecule has 3 aromatic rings.